The molecule has 3 rings (SSSR count). The number of hydrogen-bond donors (Lipinski definition) is 1. The average Bonchev–Trinajstić information content (AvgIpc) is 2.96. The van der Waals surface area contributed by atoms with E-state index < -0.39 is 0 Å². The Labute approximate surface area is 121 Å². The SMILES string of the molecule is CC1SCCCC1Nc1ccc(N2CCCC2)cc1. The number of benzene rings is 1. The van der Waals surface area contributed by atoms with Crippen LogP contribution in [0.3, 0.4) is 0 Å². The van der Waals surface area contributed by atoms with Crippen LogP contribution >= 0.6 is 11.8 Å². The van der Waals surface area contributed by atoms with Crippen molar-refractivity contribution in [3.63, 3.8) is 0 Å². The Kier molecular flexibility index (Phi) is 4.21. The zero-order chi connectivity index (χ0) is 13.1. The van der Waals surface area contributed by atoms with E-state index in [1.807, 2.05) is 0 Å². The van der Waals surface area contributed by atoms with Gasteiger partial charge in [0, 0.05) is 35.8 Å². The van der Waals surface area contributed by atoms with Crippen LogP contribution < -0.4 is 10.2 Å². The van der Waals surface area contributed by atoms with Crippen LogP contribution in [-0.4, -0.2) is 30.1 Å². The molecule has 1 aromatic rings. The number of nitrogens with one attached hydrogen (secondary N) is 1. The summed E-state index contributed by atoms with van der Waals surface area (Å²) in [5.41, 5.74) is 2.66. The van der Waals surface area contributed by atoms with Crippen molar-refractivity contribution < 1.29 is 0 Å². The average molecular weight is 276 g/mol. The monoisotopic (exact) mass is 276 g/mol. The van der Waals surface area contributed by atoms with Gasteiger partial charge in [-0.25, -0.2) is 0 Å². The molecule has 0 aliphatic carbocycles. The minimum absolute atomic E-state index is 0.636. The maximum Gasteiger partial charge on any atom is 0.0377 e. The molecule has 1 N–H and O–H groups in total. The summed E-state index contributed by atoms with van der Waals surface area (Å²) in [6.07, 6.45) is 5.34. The summed E-state index contributed by atoms with van der Waals surface area (Å²) in [6, 6.07) is 9.68. The quantitative estimate of drug-likeness (QED) is 0.899. The van der Waals surface area contributed by atoms with Gasteiger partial charge in [0.15, 0.2) is 0 Å². The van der Waals surface area contributed by atoms with Crippen molar-refractivity contribution in [2.24, 2.45) is 0 Å². The van der Waals surface area contributed by atoms with Crippen LogP contribution in [0, 0.1) is 0 Å². The minimum Gasteiger partial charge on any atom is -0.381 e. The fourth-order valence-electron chi connectivity index (χ4n) is 3.07. The van der Waals surface area contributed by atoms with Crippen molar-refractivity contribution in [2.45, 2.75) is 43.9 Å². The van der Waals surface area contributed by atoms with Crippen molar-refractivity contribution in [1.29, 1.82) is 0 Å². The van der Waals surface area contributed by atoms with Crippen molar-refractivity contribution >= 4 is 23.1 Å². The van der Waals surface area contributed by atoms with E-state index in [1.54, 1.807) is 0 Å². The number of rotatable bonds is 3. The Hall–Kier alpha value is -0.830. The van der Waals surface area contributed by atoms with E-state index in [0.29, 0.717) is 6.04 Å². The third kappa shape index (κ3) is 3.19. The maximum atomic E-state index is 3.71. The van der Waals surface area contributed by atoms with E-state index in [2.05, 4.69) is 53.2 Å². The number of nitrogens with zero attached hydrogens (tertiary/aromatic N) is 1. The molecular formula is C16H24N2S. The molecule has 104 valence electrons. The van der Waals surface area contributed by atoms with Crippen LogP contribution in [0.1, 0.15) is 32.6 Å². The third-order valence-electron chi connectivity index (χ3n) is 4.30. The number of hydrogen-bond acceptors (Lipinski definition) is 3. The van der Waals surface area contributed by atoms with E-state index in [1.165, 1.54) is 55.9 Å². The van der Waals surface area contributed by atoms with Gasteiger partial charge in [-0.3, -0.25) is 0 Å². The Morgan fingerprint density at radius 2 is 1.84 bits per heavy atom. The molecule has 0 amide bonds. The van der Waals surface area contributed by atoms with Gasteiger partial charge in [-0.05, 0) is 55.7 Å². The van der Waals surface area contributed by atoms with Crippen LogP contribution in [0.15, 0.2) is 24.3 Å². The lowest BCUT2D eigenvalue weighted by Crippen LogP contribution is -2.32. The topological polar surface area (TPSA) is 15.3 Å². The van der Waals surface area contributed by atoms with Crippen LogP contribution in [0.25, 0.3) is 0 Å². The van der Waals surface area contributed by atoms with Gasteiger partial charge < -0.3 is 10.2 Å². The first-order chi connectivity index (χ1) is 9.33. The molecular weight excluding hydrogens is 252 g/mol. The summed E-state index contributed by atoms with van der Waals surface area (Å²) in [4.78, 5) is 2.49. The molecule has 2 fully saturated rings. The third-order valence-corrected chi connectivity index (χ3v) is 5.68. The molecule has 0 bridgehead atoms. The fourth-order valence-corrected chi connectivity index (χ4v) is 4.21. The van der Waals surface area contributed by atoms with Crippen molar-refractivity contribution in [1.82, 2.24) is 0 Å². The molecule has 2 unspecified atom stereocenters. The van der Waals surface area contributed by atoms with Crippen molar-refractivity contribution in [2.75, 3.05) is 29.1 Å². The molecule has 2 saturated heterocycles. The van der Waals surface area contributed by atoms with Gasteiger partial charge in [-0.1, -0.05) is 6.92 Å². The van der Waals surface area contributed by atoms with Gasteiger partial charge >= 0.3 is 0 Å². The maximum absolute atomic E-state index is 3.71. The molecule has 2 aliphatic rings. The van der Waals surface area contributed by atoms with Crippen LogP contribution in [0.2, 0.25) is 0 Å². The summed E-state index contributed by atoms with van der Waals surface area (Å²) in [6.45, 7) is 4.80. The van der Waals surface area contributed by atoms with Gasteiger partial charge in [0.05, 0.1) is 0 Å². The predicted octanol–water partition coefficient (Wildman–Crippen LogP) is 3.98. The molecule has 2 nitrogen and oxygen atoms in total. The van der Waals surface area contributed by atoms with Crippen LogP contribution in [0.4, 0.5) is 11.4 Å². The van der Waals surface area contributed by atoms with Crippen molar-refractivity contribution in [3.05, 3.63) is 24.3 Å². The van der Waals surface area contributed by atoms with E-state index in [4.69, 9.17) is 0 Å². The molecule has 2 heterocycles. The molecule has 0 saturated carbocycles. The standard InChI is InChI=1S/C16H24N2S/c1-13-16(5-4-12-19-13)17-14-6-8-15(9-7-14)18-10-2-3-11-18/h6-9,13,16-17H,2-5,10-12H2,1H3. The van der Waals surface area contributed by atoms with E-state index in [9.17, 15) is 0 Å². The Morgan fingerprint density at radius 1 is 1.11 bits per heavy atom. The molecule has 2 atom stereocenters. The van der Waals surface area contributed by atoms with Gasteiger partial charge in [0.1, 0.15) is 0 Å². The van der Waals surface area contributed by atoms with Crippen LogP contribution in [0.5, 0.6) is 0 Å². The lowest BCUT2D eigenvalue weighted by molar-refractivity contribution is 0.617. The van der Waals surface area contributed by atoms with E-state index in [0.717, 1.165) is 5.25 Å². The molecule has 0 radical (unpaired) electrons. The second kappa shape index (κ2) is 6.08. The lowest BCUT2D eigenvalue weighted by Gasteiger charge is -2.30. The van der Waals surface area contributed by atoms with E-state index in [-0.39, 0.29) is 0 Å². The molecule has 19 heavy (non-hydrogen) atoms. The fraction of sp³-hybridized carbons (Fsp3) is 0.625. The Bertz CT molecular complexity index is 398. The predicted molar refractivity (Wildman–Crippen MR) is 86.5 cm³/mol. The smallest absolute Gasteiger partial charge is 0.0377 e. The molecule has 0 aromatic heterocycles. The van der Waals surface area contributed by atoms with Gasteiger partial charge in [0.2, 0.25) is 0 Å². The van der Waals surface area contributed by atoms with Gasteiger partial charge in [-0.15, -0.1) is 0 Å². The zero-order valence-electron chi connectivity index (χ0n) is 11.8. The first kappa shape index (κ1) is 13.2. The summed E-state index contributed by atoms with van der Waals surface area (Å²) in [5, 5.41) is 4.44. The highest BCUT2D eigenvalue weighted by Gasteiger charge is 2.21. The highest BCUT2D eigenvalue weighted by Crippen LogP contribution is 2.28. The molecule has 2 aliphatic heterocycles. The highest BCUT2D eigenvalue weighted by atomic mass is 32.2. The van der Waals surface area contributed by atoms with Crippen LogP contribution in [-0.2, 0) is 0 Å². The highest BCUT2D eigenvalue weighted by molar-refractivity contribution is 8.00. The molecule has 3 heteroatoms. The Balaban J connectivity index is 1.62. The molecule has 1 aromatic carbocycles. The Morgan fingerprint density at radius 3 is 2.53 bits per heavy atom. The molecule has 0 spiro atoms. The van der Waals surface area contributed by atoms with E-state index >= 15 is 0 Å². The second-order valence-corrected chi connectivity index (χ2v) is 7.20. The summed E-state index contributed by atoms with van der Waals surface area (Å²) in [5.74, 6) is 1.33. The minimum atomic E-state index is 0.636. The zero-order valence-corrected chi connectivity index (χ0v) is 12.6. The first-order valence-electron chi connectivity index (χ1n) is 7.56. The second-order valence-electron chi connectivity index (χ2n) is 5.71. The summed E-state index contributed by atoms with van der Waals surface area (Å²) < 4.78 is 0. The van der Waals surface area contributed by atoms with Gasteiger partial charge in [0.25, 0.3) is 0 Å². The lowest BCUT2D eigenvalue weighted by atomic mass is 10.1. The summed E-state index contributed by atoms with van der Waals surface area (Å²) >= 11 is 2.10. The number of thioether (sulfide) groups is 1. The first-order valence-corrected chi connectivity index (χ1v) is 8.61. The van der Waals surface area contributed by atoms with Crippen molar-refractivity contribution in [3.8, 4) is 0 Å². The largest absolute Gasteiger partial charge is 0.381 e. The normalized spacial score (nSPS) is 27.5. The summed E-state index contributed by atoms with van der Waals surface area (Å²) in [7, 11) is 0. The number of anilines is 2. The van der Waals surface area contributed by atoms with Gasteiger partial charge in [-0.2, -0.15) is 11.8 Å².